The predicted octanol–water partition coefficient (Wildman–Crippen LogP) is 3.05. The van der Waals surface area contributed by atoms with Crippen LogP contribution in [0, 0.1) is 5.92 Å². The van der Waals surface area contributed by atoms with Crippen molar-refractivity contribution < 1.29 is 9.59 Å². The molecule has 0 saturated carbocycles. The van der Waals surface area contributed by atoms with E-state index in [4.69, 9.17) is 0 Å². The van der Waals surface area contributed by atoms with Gasteiger partial charge in [-0.15, -0.1) is 0 Å². The van der Waals surface area contributed by atoms with Crippen molar-refractivity contribution in [3.05, 3.63) is 59.9 Å². The van der Waals surface area contributed by atoms with Crippen molar-refractivity contribution in [1.29, 1.82) is 0 Å². The predicted molar refractivity (Wildman–Crippen MR) is 102 cm³/mol. The molecule has 2 heterocycles. The maximum absolute atomic E-state index is 12.4. The van der Waals surface area contributed by atoms with E-state index in [0.29, 0.717) is 13.1 Å². The lowest BCUT2D eigenvalue weighted by molar-refractivity contribution is -0.126. The zero-order chi connectivity index (χ0) is 18.7. The number of benzene rings is 1. The second-order valence-electron chi connectivity index (χ2n) is 7.74. The van der Waals surface area contributed by atoms with Gasteiger partial charge in [0.2, 0.25) is 11.8 Å². The summed E-state index contributed by atoms with van der Waals surface area (Å²) in [5.74, 6) is -0.433. The summed E-state index contributed by atoms with van der Waals surface area (Å²) in [5.41, 5.74) is 2.95. The molecule has 1 N–H and O–H groups in total. The Bertz CT molecular complexity index is 779. The smallest absolute Gasteiger partial charge is 0.227 e. The highest BCUT2D eigenvalue weighted by molar-refractivity contribution is 6.00. The van der Waals surface area contributed by atoms with Crippen molar-refractivity contribution in [2.24, 2.45) is 5.92 Å². The molecule has 1 saturated heterocycles. The Morgan fingerprint density at radius 1 is 1.19 bits per heavy atom. The molecule has 0 spiro atoms. The van der Waals surface area contributed by atoms with Gasteiger partial charge in [0, 0.05) is 24.8 Å². The number of aromatic nitrogens is 1. The van der Waals surface area contributed by atoms with Crippen LogP contribution < -0.4 is 10.2 Å². The van der Waals surface area contributed by atoms with Crippen molar-refractivity contribution in [3.63, 3.8) is 0 Å². The van der Waals surface area contributed by atoms with E-state index in [1.807, 2.05) is 30.3 Å². The number of hydrogen-bond acceptors (Lipinski definition) is 3. The van der Waals surface area contributed by atoms with E-state index >= 15 is 0 Å². The molecule has 2 amide bonds. The largest absolute Gasteiger partial charge is 0.350 e. The molecule has 1 aliphatic rings. The minimum Gasteiger partial charge on any atom is -0.350 e. The lowest BCUT2D eigenvalue weighted by Gasteiger charge is -2.21. The molecule has 1 aliphatic heterocycles. The number of anilines is 1. The Kier molecular flexibility index (Phi) is 5.07. The standard InChI is InChI=1S/C21H25N3O2/c1-21(2,3)16-7-9-18(10-8-16)24-14-15(12-19(24)25)20(26)23-13-17-6-4-5-11-22-17/h4-11,15H,12-14H2,1-3H3,(H,23,26). The number of pyridine rings is 1. The average Bonchev–Trinajstić information content (AvgIpc) is 3.02. The first-order chi connectivity index (χ1) is 12.3. The van der Waals surface area contributed by atoms with Gasteiger partial charge in [-0.2, -0.15) is 0 Å². The lowest BCUT2D eigenvalue weighted by atomic mass is 9.87. The quantitative estimate of drug-likeness (QED) is 0.921. The number of carbonyl (C=O) groups is 2. The Hall–Kier alpha value is -2.69. The Balaban J connectivity index is 1.62. The minimum absolute atomic E-state index is 0.00788. The van der Waals surface area contributed by atoms with Crippen LogP contribution in [0.25, 0.3) is 0 Å². The van der Waals surface area contributed by atoms with Gasteiger partial charge >= 0.3 is 0 Å². The zero-order valence-corrected chi connectivity index (χ0v) is 15.5. The first kappa shape index (κ1) is 18.1. The van der Waals surface area contributed by atoms with E-state index in [0.717, 1.165) is 11.4 Å². The van der Waals surface area contributed by atoms with E-state index < -0.39 is 0 Å². The number of nitrogens with zero attached hydrogens (tertiary/aromatic N) is 2. The van der Waals surface area contributed by atoms with E-state index in [-0.39, 0.29) is 29.6 Å². The van der Waals surface area contributed by atoms with E-state index in [1.54, 1.807) is 11.1 Å². The molecule has 0 radical (unpaired) electrons. The fraction of sp³-hybridized carbons (Fsp3) is 0.381. The second kappa shape index (κ2) is 7.28. The van der Waals surface area contributed by atoms with Crippen LogP contribution in [0.4, 0.5) is 5.69 Å². The maximum Gasteiger partial charge on any atom is 0.227 e. The third kappa shape index (κ3) is 4.10. The summed E-state index contributed by atoms with van der Waals surface area (Å²) in [6.45, 7) is 7.27. The molecule has 136 valence electrons. The molecule has 1 aromatic heterocycles. The highest BCUT2D eigenvalue weighted by atomic mass is 16.2. The number of nitrogens with one attached hydrogen (secondary N) is 1. The minimum atomic E-state index is -0.325. The Morgan fingerprint density at radius 3 is 2.54 bits per heavy atom. The number of carbonyl (C=O) groups excluding carboxylic acids is 2. The maximum atomic E-state index is 12.4. The molecule has 5 heteroatoms. The van der Waals surface area contributed by atoms with Gasteiger partial charge in [0.05, 0.1) is 18.2 Å². The molecule has 5 nitrogen and oxygen atoms in total. The first-order valence-corrected chi connectivity index (χ1v) is 8.93. The molecule has 26 heavy (non-hydrogen) atoms. The molecule has 1 unspecified atom stereocenters. The lowest BCUT2D eigenvalue weighted by Crippen LogP contribution is -2.32. The van der Waals surface area contributed by atoms with Crippen LogP contribution in [0.1, 0.15) is 38.4 Å². The summed E-state index contributed by atoms with van der Waals surface area (Å²) in [7, 11) is 0. The van der Waals surface area contributed by atoms with Crippen LogP contribution in [0.2, 0.25) is 0 Å². The third-order valence-electron chi connectivity index (χ3n) is 4.71. The van der Waals surface area contributed by atoms with E-state index in [1.165, 1.54) is 5.56 Å². The van der Waals surface area contributed by atoms with Crippen LogP contribution in [-0.4, -0.2) is 23.3 Å². The summed E-state index contributed by atoms with van der Waals surface area (Å²) in [5, 5.41) is 2.88. The number of hydrogen-bond donors (Lipinski definition) is 1. The van der Waals surface area contributed by atoms with Gasteiger partial charge in [0.1, 0.15) is 0 Å². The van der Waals surface area contributed by atoms with Crippen molar-refractivity contribution in [2.75, 3.05) is 11.4 Å². The summed E-state index contributed by atoms with van der Waals surface area (Å²) >= 11 is 0. The van der Waals surface area contributed by atoms with Gasteiger partial charge in [-0.3, -0.25) is 14.6 Å². The van der Waals surface area contributed by atoms with Gasteiger partial charge in [0.25, 0.3) is 0 Å². The van der Waals surface area contributed by atoms with Crippen molar-refractivity contribution in [3.8, 4) is 0 Å². The number of amides is 2. The molecule has 2 aromatic rings. The first-order valence-electron chi connectivity index (χ1n) is 8.93. The SMILES string of the molecule is CC(C)(C)c1ccc(N2CC(C(=O)NCc3ccccn3)CC2=O)cc1. The molecular formula is C21H25N3O2. The van der Waals surface area contributed by atoms with Crippen molar-refractivity contribution >= 4 is 17.5 Å². The topological polar surface area (TPSA) is 62.3 Å². The van der Waals surface area contributed by atoms with Crippen LogP contribution in [0.5, 0.6) is 0 Å². The van der Waals surface area contributed by atoms with Crippen LogP contribution >= 0.6 is 0 Å². The summed E-state index contributed by atoms with van der Waals surface area (Å²) in [6.07, 6.45) is 1.94. The van der Waals surface area contributed by atoms with Gasteiger partial charge in [0.15, 0.2) is 0 Å². The van der Waals surface area contributed by atoms with Crippen molar-refractivity contribution in [2.45, 2.75) is 39.2 Å². The fourth-order valence-corrected chi connectivity index (χ4v) is 3.10. The Morgan fingerprint density at radius 2 is 1.92 bits per heavy atom. The van der Waals surface area contributed by atoms with Crippen LogP contribution in [0.15, 0.2) is 48.7 Å². The second-order valence-corrected chi connectivity index (χ2v) is 7.74. The van der Waals surface area contributed by atoms with Gasteiger partial charge < -0.3 is 10.2 Å². The number of rotatable bonds is 4. The molecule has 1 fully saturated rings. The normalized spacial score (nSPS) is 17.4. The molecule has 3 rings (SSSR count). The van der Waals surface area contributed by atoms with Crippen LogP contribution in [-0.2, 0) is 21.5 Å². The molecule has 1 atom stereocenters. The molecule has 0 aliphatic carbocycles. The zero-order valence-electron chi connectivity index (χ0n) is 15.5. The van der Waals surface area contributed by atoms with E-state index in [9.17, 15) is 9.59 Å². The monoisotopic (exact) mass is 351 g/mol. The highest BCUT2D eigenvalue weighted by Crippen LogP contribution is 2.28. The van der Waals surface area contributed by atoms with E-state index in [2.05, 4.69) is 43.2 Å². The van der Waals surface area contributed by atoms with Crippen molar-refractivity contribution in [1.82, 2.24) is 10.3 Å². The highest BCUT2D eigenvalue weighted by Gasteiger charge is 2.35. The van der Waals surface area contributed by atoms with Gasteiger partial charge in [-0.05, 0) is 35.2 Å². The Labute approximate surface area is 154 Å². The van der Waals surface area contributed by atoms with Crippen LogP contribution in [0.3, 0.4) is 0 Å². The van der Waals surface area contributed by atoms with Gasteiger partial charge in [-0.25, -0.2) is 0 Å². The molecule has 1 aromatic carbocycles. The summed E-state index contributed by atoms with van der Waals surface area (Å²) < 4.78 is 0. The summed E-state index contributed by atoms with van der Waals surface area (Å²) in [4.78, 5) is 30.7. The third-order valence-corrected chi connectivity index (χ3v) is 4.71. The van der Waals surface area contributed by atoms with Gasteiger partial charge in [-0.1, -0.05) is 39.0 Å². The fourth-order valence-electron chi connectivity index (χ4n) is 3.10. The average molecular weight is 351 g/mol. The summed E-state index contributed by atoms with van der Waals surface area (Å²) in [6, 6.07) is 13.6. The molecule has 0 bridgehead atoms. The molecular weight excluding hydrogens is 326 g/mol.